The van der Waals surface area contributed by atoms with E-state index in [9.17, 15) is 9.59 Å². The molecule has 202 valence electrons. The summed E-state index contributed by atoms with van der Waals surface area (Å²) in [7, 11) is 3.08. The van der Waals surface area contributed by atoms with Crippen LogP contribution in [0.25, 0.3) is 6.08 Å². The molecule has 11 heteroatoms. The molecule has 4 rings (SSSR count). The maximum Gasteiger partial charge on any atom is 0.338 e. The van der Waals surface area contributed by atoms with Gasteiger partial charge in [0.15, 0.2) is 22.2 Å². The number of fused-ring (bicyclic) bond motifs is 1. The summed E-state index contributed by atoms with van der Waals surface area (Å²) >= 11 is 4.84. The van der Waals surface area contributed by atoms with Gasteiger partial charge >= 0.3 is 5.97 Å². The highest BCUT2D eigenvalue weighted by Gasteiger charge is 2.35. The molecule has 0 amide bonds. The number of allylic oxidation sites excluding steroid dienone is 1. The van der Waals surface area contributed by atoms with Gasteiger partial charge in [-0.3, -0.25) is 9.36 Å². The van der Waals surface area contributed by atoms with Crippen molar-refractivity contribution in [3.05, 3.63) is 71.0 Å². The van der Waals surface area contributed by atoms with Gasteiger partial charge in [-0.1, -0.05) is 27.3 Å². The number of thiazole rings is 1. The fraction of sp³-hybridized carbons (Fsp3) is 0.370. The molecule has 0 radical (unpaired) electrons. The Bertz CT molecular complexity index is 1560. The fourth-order valence-corrected chi connectivity index (χ4v) is 5.99. The highest BCUT2D eigenvalue weighted by molar-refractivity contribution is 9.10. The number of carbonyl (C=O) groups is 1. The number of benzene rings is 1. The zero-order valence-electron chi connectivity index (χ0n) is 22.2. The van der Waals surface area contributed by atoms with Crippen molar-refractivity contribution in [3.63, 3.8) is 0 Å². The van der Waals surface area contributed by atoms with Gasteiger partial charge in [-0.25, -0.2) is 9.79 Å². The van der Waals surface area contributed by atoms with Gasteiger partial charge in [-0.05, 0) is 51.5 Å². The Hall–Kier alpha value is -3.31. The minimum Gasteiger partial charge on any atom is -0.493 e. The lowest BCUT2D eigenvalue weighted by Crippen LogP contribution is -2.40. The lowest BCUT2D eigenvalue weighted by molar-refractivity contribution is -0.139. The van der Waals surface area contributed by atoms with E-state index < -0.39 is 12.0 Å². The van der Waals surface area contributed by atoms with Crippen molar-refractivity contribution in [1.29, 1.82) is 0 Å². The zero-order valence-corrected chi connectivity index (χ0v) is 24.6. The number of halogens is 1. The largest absolute Gasteiger partial charge is 0.493 e. The Balaban J connectivity index is 1.94. The number of anilines is 1. The maximum atomic E-state index is 13.9. The van der Waals surface area contributed by atoms with Gasteiger partial charge in [-0.15, -0.1) is 0 Å². The summed E-state index contributed by atoms with van der Waals surface area (Å²) in [6.45, 7) is 9.39. The van der Waals surface area contributed by atoms with Gasteiger partial charge in [0.25, 0.3) is 5.56 Å². The Kier molecular flexibility index (Phi) is 8.47. The molecule has 0 bridgehead atoms. The highest BCUT2D eigenvalue weighted by atomic mass is 79.9. The topological polar surface area (TPSA) is 95.5 Å². The SMILES string of the molecule is CCOC(=O)C1=C(C)N=c2s/c(=C/c3ccc(N(CC)CC)o3)c(=O)n2[C@@H]1c1cc(OC)c(OC)cc1Br. The molecule has 1 atom stereocenters. The van der Waals surface area contributed by atoms with Crippen molar-refractivity contribution in [2.45, 2.75) is 33.7 Å². The molecule has 0 aliphatic carbocycles. The van der Waals surface area contributed by atoms with Crippen LogP contribution in [0.4, 0.5) is 5.88 Å². The van der Waals surface area contributed by atoms with E-state index in [0.29, 0.717) is 42.3 Å². The zero-order chi connectivity index (χ0) is 27.6. The van der Waals surface area contributed by atoms with Gasteiger partial charge < -0.3 is 23.5 Å². The second kappa shape index (κ2) is 11.6. The molecule has 0 fully saturated rings. The third-order valence-electron chi connectivity index (χ3n) is 6.28. The van der Waals surface area contributed by atoms with Crippen molar-refractivity contribution in [2.75, 3.05) is 38.8 Å². The summed E-state index contributed by atoms with van der Waals surface area (Å²) in [5, 5.41) is 0. The molecule has 3 heterocycles. The molecule has 3 aromatic rings. The van der Waals surface area contributed by atoms with Crippen molar-refractivity contribution in [3.8, 4) is 11.5 Å². The molecule has 0 saturated carbocycles. The lowest BCUT2D eigenvalue weighted by atomic mass is 9.95. The third kappa shape index (κ3) is 5.04. The van der Waals surface area contributed by atoms with Crippen LogP contribution in [0.1, 0.15) is 45.1 Å². The first kappa shape index (κ1) is 27.7. The molecule has 0 N–H and O–H groups in total. The van der Waals surface area contributed by atoms with Gasteiger partial charge in [-0.2, -0.15) is 0 Å². The fourth-order valence-electron chi connectivity index (χ4n) is 4.42. The van der Waals surface area contributed by atoms with E-state index in [0.717, 1.165) is 19.0 Å². The third-order valence-corrected chi connectivity index (χ3v) is 7.95. The van der Waals surface area contributed by atoms with Crippen LogP contribution in [0, 0.1) is 0 Å². The van der Waals surface area contributed by atoms with E-state index in [1.807, 2.05) is 12.1 Å². The molecule has 1 aliphatic rings. The van der Waals surface area contributed by atoms with Crippen LogP contribution in [-0.4, -0.2) is 44.5 Å². The van der Waals surface area contributed by atoms with Crippen molar-refractivity contribution in [1.82, 2.24) is 4.57 Å². The van der Waals surface area contributed by atoms with E-state index in [1.165, 1.54) is 23.0 Å². The molecule has 38 heavy (non-hydrogen) atoms. The number of aromatic nitrogens is 1. The number of esters is 1. The Morgan fingerprint density at radius 3 is 2.50 bits per heavy atom. The molecule has 0 spiro atoms. The average Bonchev–Trinajstić information content (AvgIpc) is 3.48. The van der Waals surface area contributed by atoms with Gasteiger partial charge in [0, 0.05) is 29.7 Å². The van der Waals surface area contributed by atoms with Crippen LogP contribution in [0.5, 0.6) is 11.5 Å². The maximum absolute atomic E-state index is 13.9. The predicted octanol–water partition coefficient (Wildman–Crippen LogP) is 4.02. The van der Waals surface area contributed by atoms with Gasteiger partial charge in [0.05, 0.1) is 42.7 Å². The van der Waals surface area contributed by atoms with Crippen LogP contribution in [0.3, 0.4) is 0 Å². The quantitative estimate of drug-likeness (QED) is 0.341. The molecule has 1 aromatic carbocycles. The molecule has 0 unspecified atom stereocenters. The highest BCUT2D eigenvalue weighted by Crippen LogP contribution is 2.40. The first-order valence-corrected chi connectivity index (χ1v) is 13.8. The van der Waals surface area contributed by atoms with E-state index in [-0.39, 0.29) is 17.7 Å². The second-order valence-electron chi connectivity index (χ2n) is 8.38. The summed E-state index contributed by atoms with van der Waals surface area (Å²) in [5.41, 5.74) is 1.09. The van der Waals surface area contributed by atoms with Crippen molar-refractivity contribution < 1.29 is 23.4 Å². The predicted molar refractivity (Wildman–Crippen MR) is 150 cm³/mol. The Morgan fingerprint density at radius 1 is 1.18 bits per heavy atom. The van der Waals surface area contributed by atoms with Crippen molar-refractivity contribution >= 4 is 45.2 Å². The average molecular weight is 605 g/mol. The number of hydrogen-bond donors (Lipinski definition) is 0. The van der Waals surface area contributed by atoms with Gasteiger partial charge in [0.2, 0.25) is 0 Å². The number of methoxy groups -OCH3 is 2. The normalized spacial score (nSPS) is 15.2. The molecule has 9 nitrogen and oxygen atoms in total. The summed E-state index contributed by atoms with van der Waals surface area (Å²) < 4.78 is 24.9. The van der Waals surface area contributed by atoms with Gasteiger partial charge in [0.1, 0.15) is 5.76 Å². The smallest absolute Gasteiger partial charge is 0.338 e. The molecular formula is C27H30BrN3O6S. The second-order valence-corrected chi connectivity index (χ2v) is 10.2. The Morgan fingerprint density at radius 2 is 1.87 bits per heavy atom. The monoisotopic (exact) mass is 603 g/mol. The van der Waals surface area contributed by atoms with Crippen LogP contribution in [0.15, 0.2) is 54.2 Å². The molecule has 2 aromatic heterocycles. The number of ether oxygens (including phenoxy) is 3. The Labute approximate surface area is 232 Å². The number of rotatable bonds is 9. The number of carbonyl (C=O) groups excluding carboxylic acids is 1. The summed E-state index contributed by atoms with van der Waals surface area (Å²) in [6.07, 6.45) is 1.71. The van der Waals surface area contributed by atoms with Crippen LogP contribution in [0.2, 0.25) is 0 Å². The lowest BCUT2D eigenvalue weighted by Gasteiger charge is -2.26. The summed E-state index contributed by atoms with van der Waals surface area (Å²) in [6, 6.07) is 6.43. The van der Waals surface area contributed by atoms with E-state index >= 15 is 0 Å². The minimum absolute atomic E-state index is 0.188. The first-order chi connectivity index (χ1) is 18.3. The standard InChI is InChI=1S/C27H30BrN3O6S/c1-7-30(8-2)22-11-10-16(37-22)12-21-25(32)31-24(17-13-19(34-5)20(35-6)14-18(17)28)23(26(33)36-9-3)15(4)29-27(31)38-21/h10-14,24H,7-9H2,1-6H3/b21-12+/t24-/m1/s1. The van der Waals surface area contributed by atoms with Crippen LogP contribution >= 0.6 is 27.3 Å². The number of nitrogens with zero attached hydrogens (tertiary/aromatic N) is 3. The van der Waals surface area contributed by atoms with Crippen LogP contribution < -0.4 is 29.3 Å². The van der Waals surface area contributed by atoms with E-state index in [2.05, 4.69) is 39.7 Å². The molecule has 1 aliphatic heterocycles. The number of furan rings is 1. The molecule has 0 saturated heterocycles. The summed E-state index contributed by atoms with van der Waals surface area (Å²) in [4.78, 5) is 34.2. The molecular weight excluding hydrogens is 574 g/mol. The number of hydrogen-bond acceptors (Lipinski definition) is 9. The van der Waals surface area contributed by atoms with Crippen molar-refractivity contribution in [2.24, 2.45) is 4.99 Å². The summed E-state index contributed by atoms with van der Waals surface area (Å²) in [5.74, 6) is 1.73. The first-order valence-electron chi connectivity index (χ1n) is 12.2. The van der Waals surface area contributed by atoms with E-state index in [1.54, 1.807) is 39.2 Å². The van der Waals surface area contributed by atoms with Crippen LogP contribution in [-0.2, 0) is 9.53 Å². The minimum atomic E-state index is -0.801. The van der Waals surface area contributed by atoms with E-state index in [4.69, 9.17) is 18.6 Å².